The molecule has 3 aromatic carbocycles. The summed E-state index contributed by atoms with van der Waals surface area (Å²) in [5, 5.41) is 20.7. The average Bonchev–Trinajstić information content (AvgIpc) is 2.89. The van der Waals surface area contributed by atoms with Crippen molar-refractivity contribution < 1.29 is 34.0 Å². The van der Waals surface area contributed by atoms with Crippen LogP contribution in [0.1, 0.15) is 20.7 Å². The molecule has 5 atom stereocenters. The number of carbonyl (C=O) groups excluding carboxylic acids is 2. The van der Waals surface area contributed by atoms with Gasteiger partial charge in [-0.3, -0.25) is 0 Å². The van der Waals surface area contributed by atoms with Crippen molar-refractivity contribution in [2.75, 3.05) is 6.61 Å². The Hall–Kier alpha value is -3.17. The maximum Gasteiger partial charge on any atom is 0.338 e. The van der Waals surface area contributed by atoms with Crippen molar-refractivity contribution in [3.63, 3.8) is 0 Å². The number of carbonyl (C=O) groups is 2. The van der Waals surface area contributed by atoms with Crippen molar-refractivity contribution in [1.29, 1.82) is 0 Å². The first-order valence-electron chi connectivity index (χ1n) is 10.7. The maximum absolute atomic E-state index is 12.9. The molecule has 7 nitrogen and oxygen atoms in total. The van der Waals surface area contributed by atoms with Crippen molar-refractivity contribution in [3.8, 4) is 0 Å². The molecular weight excluding hydrogens is 456 g/mol. The van der Waals surface area contributed by atoms with Gasteiger partial charge in [0.25, 0.3) is 0 Å². The molecule has 34 heavy (non-hydrogen) atoms. The van der Waals surface area contributed by atoms with Crippen molar-refractivity contribution in [3.05, 3.63) is 102 Å². The zero-order valence-corrected chi connectivity index (χ0v) is 18.9. The Morgan fingerprint density at radius 2 is 1.24 bits per heavy atom. The SMILES string of the molecule is O=C(OC1C(OC(=O)c2ccccc2)[C@H](Sc2ccccc2)OC(CO)[C@@H]1O)c1ccccc1. The van der Waals surface area contributed by atoms with Gasteiger partial charge >= 0.3 is 11.9 Å². The largest absolute Gasteiger partial charge is 0.452 e. The van der Waals surface area contributed by atoms with Crippen LogP contribution in [0.2, 0.25) is 0 Å². The van der Waals surface area contributed by atoms with E-state index in [1.54, 1.807) is 60.7 Å². The van der Waals surface area contributed by atoms with Crippen LogP contribution in [0.4, 0.5) is 0 Å². The summed E-state index contributed by atoms with van der Waals surface area (Å²) >= 11 is 1.24. The van der Waals surface area contributed by atoms with E-state index >= 15 is 0 Å². The molecule has 0 amide bonds. The van der Waals surface area contributed by atoms with Gasteiger partial charge in [0.2, 0.25) is 0 Å². The molecule has 1 fully saturated rings. The van der Waals surface area contributed by atoms with Crippen molar-refractivity contribution >= 4 is 23.7 Å². The Labute approximate surface area is 201 Å². The number of aliphatic hydroxyl groups is 2. The van der Waals surface area contributed by atoms with E-state index in [0.717, 1.165) is 4.90 Å². The van der Waals surface area contributed by atoms with Gasteiger partial charge in [-0.05, 0) is 36.4 Å². The molecule has 1 aliphatic rings. The summed E-state index contributed by atoms with van der Waals surface area (Å²) in [4.78, 5) is 26.6. The first kappa shape index (κ1) is 24.0. The van der Waals surface area contributed by atoms with Crippen LogP contribution in [-0.2, 0) is 14.2 Å². The van der Waals surface area contributed by atoms with Crippen LogP contribution in [0.25, 0.3) is 0 Å². The Balaban J connectivity index is 1.65. The van der Waals surface area contributed by atoms with E-state index in [0.29, 0.717) is 5.56 Å². The molecular formula is C26H24O7S. The van der Waals surface area contributed by atoms with Gasteiger partial charge in [-0.25, -0.2) is 9.59 Å². The number of rotatable bonds is 7. The number of hydrogen-bond acceptors (Lipinski definition) is 8. The van der Waals surface area contributed by atoms with E-state index in [9.17, 15) is 19.8 Å². The molecule has 0 spiro atoms. The number of benzene rings is 3. The minimum Gasteiger partial charge on any atom is -0.452 e. The summed E-state index contributed by atoms with van der Waals surface area (Å²) < 4.78 is 17.4. The molecule has 3 unspecified atom stereocenters. The fourth-order valence-electron chi connectivity index (χ4n) is 3.56. The molecule has 1 heterocycles. The normalized spacial score (nSPS) is 24.2. The van der Waals surface area contributed by atoms with Crippen LogP contribution in [0, 0.1) is 0 Å². The lowest BCUT2D eigenvalue weighted by Gasteiger charge is -2.42. The highest BCUT2D eigenvalue weighted by atomic mass is 32.2. The Kier molecular flexibility index (Phi) is 7.97. The number of aliphatic hydroxyl groups excluding tert-OH is 2. The predicted molar refractivity (Wildman–Crippen MR) is 125 cm³/mol. The number of thioether (sulfide) groups is 1. The molecule has 0 saturated carbocycles. The first-order chi connectivity index (χ1) is 16.6. The van der Waals surface area contributed by atoms with Gasteiger partial charge in [0.05, 0.1) is 17.7 Å². The average molecular weight is 481 g/mol. The Morgan fingerprint density at radius 3 is 1.74 bits per heavy atom. The lowest BCUT2D eigenvalue weighted by atomic mass is 9.99. The summed E-state index contributed by atoms with van der Waals surface area (Å²) in [6, 6.07) is 26.0. The lowest BCUT2D eigenvalue weighted by Crippen LogP contribution is -2.60. The van der Waals surface area contributed by atoms with Crippen LogP contribution in [0.15, 0.2) is 95.9 Å². The molecule has 0 aliphatic carbocycles. The molecule has 176 valence electrons. The molecule has 1 aliphatic heterocycles. The fraction of sp³-hybridized carbons (Fsp3) is 0.231. The third kappa shape index (κ3) is 5.66. The van der Waals surface area contributed by atoms with Gasteiger partial charge in [0, 0.05) is 4.90 Å². The summed E-state index contributed by atoms with van der Waals surface area (Å²) in [5.74, 6) is -1.34. The topological polar surface area (TPSA) is 102 Å². The second-order valence-corrected chi connectivity index (χ2v) is 8.79. The standard InChI is InChI=1S/C26H24O7S/c27-16-20-21(28)22(32-24(29)17-10-4-1-5-11-17)23(33-25(30)18-12-6-2-7-13-18)26(31-20)34-19-14-8-3-9-15-19/h1-15,20-23,26-28H,16H2/t20?,21-,22?,23?,26-/m0/s1. The Bertz CT molecular complexity index is 1080. The molecule has 1 saturated heterocycles. The van der Waals surface area contributed by atoms with E-state index in [1.165, 1.54) is 11.8 Å². The van der Waals surface area contributed by atoms with Crippen molar-refractivity contribution in [2.24, 2.45) is 0 Å². The highest BCUT2D eigenvalue weighted by Gasteiger charge is 2.50. The van der Waals surface area contributed by atoms with E-state index in [1.807, 2.05) is 30.3 Å². The molecule has 0 bridgehead atoms. The Morgan fingerprint density at radius 1 is 0.765 bits per heavy atom. The zero-order valence-electron chi connectivity index (χ0n) is 18.1. The van der Waals surface area contributed by atoms with Gasteiger partial charge in [-0.2, -0.15) is 0 Å². The second-order valence-electron chi connectivity index (χ2n) is 7.62. The summed E-state index contributed by atoms with van der Waals surface area (Å²) in [6.45, 7) is -0.508. The van der Waals surface area contributed by atoms with Crippen LogP contribution in [0.5, 0.6) is 0 Å². The highest BCUT2D eigenvalue weighted by Crippen LogP contribution is 2.36. The molecule has 2 N–H and O–H groups in total. The third-order valence-electron chi connectivity index (χ3n) is 5.30. The maximum atomic E-state index is 12.9. The van der Waals surface area contributed by atoms with Crippen LogP contribution >= 0.6 is 11.8 Å². The fourth-order valence-corrected chi connectivity index (χ4v) is 4.69. The quantitative estimate of drug-likeness (QED) is 0.497. The molecule has 3 aromatic rings. The van der Waals surface area contributed by atoms with Crippen LogP contribution in [-0.4, -0.2) is 58.6 Å². The third-order valence-corrected chi connectivity index (χ3v) is 6.46. The van der Waals surface area contributed by atoms with Gasteiger partial charge in [0.15, 0.2) is 12.2 Å². The number of esters is 2. The van der Waals surface area contributed by atoms with E-state index in [-0.39, 0.29) is 5.56 Å². The lowest BCUT2D eigenvalue weighted by molar-refractivity contribution is -0.206. The van der Waals surface area contributed by atoms with Crippen LogP contribution < -0.4 is 0 Å². The molecule has 4 rings (SSSR count). The minimum absolute atomic E-state index is 0.280. The zero-order chi connectivity index (χ0) is 23.9. The van der Waals surface area contributed by atoms with Crippen molar-refractivity contribution in [2.45, 2.75) is 34.7 Å². The first-order valence-corrected chi connectivity index (χ1v) is 11.6. The number of ether oxygens (including phenoxy) is 3. The van der Waals surface area contributed by atoms with E-state index in [4.69, 9.17) is 14.2 Å². The summed E-state index contributed by atoms with van der Waals surface area (Å²) in [7, 11) is 0. The molecule has 0 radical (unpaired) electrons. The second kappa shape index (κ2) is 11.3. The number of hydrogen-bond donors (Lipinski definition) is 2. The summed E-state index contributed by atoms with van der Waals surface area (Å²) in [5.41, 5.74) is -0.274. The smallest absolute Gasteiger partial charge is 0.338 e. The van der Waals surface area contributed by atoms with Gasteiger partial charge in [0.1, 0.15) is 17.6 Å². The molecule has 8 heteroatoms. The minimum atomic E-state index is -1.42. The monoisotopic (exact) mass is 480 g/mol. The summed E-state index contributed by atoms with van der Waals surface area (Å²) in [6.07, 6.45) is -4.88. The van der Waals surface area contributed by atoms with E-state index in [2.05, 4.69) is 0 Å². The van der Waals surface area contributed by atoms with E-state index < -0.39 is 48.4 Å². The highest BCUT2D eigenvalue weighted by molar-refractivity contribution is 7.99. The van der Waals surface area contributed by atoms with Gasteiger partial charge in [-0.15, -0.1) is 0 Å². The molecule has 0 aromatic heterocycles. The van der Waals surface area contributed by atoms with Gasteiger partial charge < -0.3 is 24.4 Å². The predicted octanol–water partition coefficient (Wildman–Crippen LogP) is 3.31. The van der Waals surface area contributed by atoms with Gasteiger partial charge in [-0.1, -0.05) is 66.4 Å². The van der Waals surface area contributed by atoms with Crippen molar-refractivity contribution in [1.82, 2.24) is 0 Å². The van der Waals surface area contributed by atoms with Crippen LogP contribution in [0.3, 0.4) is 0 Å².